The Balaban J connectivity index is 6.33. The number of carbonyl (C=O) groups is 3. The molecule has 0 aromatic carbocycles. The molecule has 0 fully saturated rings. The summed E-state index contributed by atoms with van der Waals surface area (Å²) in [5.41, 5.74) is -1.34. The van der Waals surface area contributed by atoms with E-state index < -0.39 is 55.1 Å². The van der Waals surface area contributed by atoms with E-state index in [0.717, 1.165) is 0 Å². The molecule has 0 aliphatic rings. The standard InChI is InChI=1S/C25H48N2O5Si/c1-14-19(33(11,12)13)18(29)15-16(2)21(32-17(3)28)20(22(30)26-25(7,8)9)27(10)23(31)24(4,5)6/h14,16,18-21,29H,1,15H2,2-13H3,(H,26,30)/t16-,18-,19+,20+,21-/m1/s1. The van der Waals surface area contributed by atoms with E-state index >= 15 is 0 Å². The lowest BCUT2D eigenvalue weighted by Crippen LogP contribution is -2.61. The number of esters is 1. The van der Waals surface area contributed by atoms with E-state index in [-0.39, 0.29) is 11.4 Å². The molecule has 0 aromatic rings. The SMILES string of the molecule is C=C[C@@H]([C@H](O)C[C@@H](C)[C@@H](OC(C)=O)[C@@H](C(=O)NC(C)(C)C)N(C)C(=O)C(C)(C)C)[Si](C)(C)C. The first-order valence-corrected chi connectivity index (χ1v) is 15.3. The second-order valence-corrected chi connectivity index (χ2v) is 17.7. The van der Waals surface area contributed by atoms with Crippen LogP contribution in [0.25, 0.3) is 0 Å². The Bertz CT molecular complexity index is 703. The normalized spacial score (nSPS) is 17.2. The highest BCUT2D eigenvalue weighted by Crippen LogP contribution is 2.33. The number of ether oxygens (including phenoxy) is 1. The van der Waals surface area contributed by atoms with Crippen LogP contribution in [0.15, 0.2) is 12.7 Å². The first kappa shape index (κ1) is 31.3. The first-order valence-electron chi connectivity index (χ1n) is 11.7. The number of hydrogen-bond donors (Lipinski definition) is 2. The number of aliphatic hydroxyl groups excluding tert-OH is 1. The van der Waals surface area contributed by atoms with Crippen LogP contribution in [0, 0.1) is 11.3 Å². The summed E-state index contributed by atoms with van der Waals surface area (Å²) in [6.07, 6.45) is 0.472. The van der Waals surface area contributed by atoms with Crippen LogP contribution in [0.1, 0.15) is 61.8 Å². The largest absolute Gasteiger partial charge is 0.459 e. The van der Waals surface area contributed by atoms with Gasteiger partial charge < -0.3 is 20.1 Å². The minimum absolute atomic E-state index is 0.0614. The highest BCUT2D eigenvalue weighted by Gasteiger charge is 2.44. The van der Waals surface area contributed by atoms with Crippen LogP contribution in [0.4, 0.5) is 0 Å². The van der Waals surface area contributed by atoms with Gasteiger partial charge in [-0.1, -0.05) is 53.4 Å². The van der Waals surface area contributed by atoms with Crippen molar-refractivity contribution in [1.82, 2.24) is 10.2 Å². The third-order valence-electron chi connectivity index (χ3n) is 5.60. The molecule has 0 unspecified atom stereocenters. The average molecular weight is 485 g/mol. The van der Waals surface area contributed by atoms with Gasteiger partial charge in [-0.05, 0) is 38.7 Å². The smallest absolute Gasteiger partial charge is 0.303 e. The molecule has 8 heteroatoms. The number of rotatable bonds is 10. The molecule has 0 saturated carbocycles. The third-order valence-corrected chi connectivity index (χ3v) is 8.22. The van der Waals surface area contributed by atoms with Gasteiger partial charge >= 0.3 is 5.97 Å². The summed E-state index contributed by atoms with van der Waals surface area (Å²) >= 11 is 0. The van der Waals surface area contributed by atoms with Crippen LogP contribution in [-0.2, 0) is 19.1 Å². The van der Waals surface area contributed by atoms with Gasteiger partial charge in [0.1, 0.15) is 12.1 Å². The van der Waals surface area contributed by atoms with Crippen molar-refractivity contribution in [3.63, 3.8) is 0 Å². The predicted molar refractivity (Wildman–Crippen MR) is 137 cm³/mol. The zero-order chi connectivity index (χ0) is 26.5. The maximum atomic E-state index is 13.4. The summed E-state index contributed by atoms with van der Waals surface area (Å²) in [6, 6.07) is -1.05. The van der Waals surface area contributed by atoms with E-state index in [0.29, 0.717) is 6.42 Å². The number of carbonyl (C=O) groups excluding carboxylic acids is 3. The van der Waals surface area contributed by atoms with Crippen LogP contribution in [-0.4, -0.2) is 66.7 Å². The molecule has 2 amide bonds. The molecule has 0 aliphatic heterocycles. The lowest BCUT2D eigenvalue weighted by molar-refractivity contribution is -0.163. The van der Waals surface area contributed by atoms with Gasteiger partial charge in [-0.15, -0.1) is 6.58 Å². The lowest BCUT2D eigenvalue weighted by atomic mass is 9.87. The van der Waals surface area contributed by atoms with Gasteiger partial charge in [0.15, 0.2) is 0 Å². The van der Waals surface area contributed by atoms with Crippen LogP contribution >= 0.6 is 0 Å². The highest BCUT2D eigenvalue weighted by atomic mass is 28.3. The van der Waals surface area contributed by atoms with Gasteiger partial charge in [-0.3, -0.25) is 14.4 Å². The number of amides is 2. The van der Waals surface area contributed by atoms with E-state index in [1.807, 2.05) is 27.7 Å². The molecule has 33 heavy (non-hydrogen) atoms. The Morgan fingerprint density at radius 3 is 1.94 bits per heavy atom. The Labute approximate surface area is 202 Å². The minimum atomic E-state index is -1.75. The van der Waals surface area contributed by atoms with E-state index in [2.05, 4.69) is 31.5 Å². The zero-order valence-electron chi connectivity index (χ0n) is 22.9. The fourth-order valence-corrected chi connectivity index (χ4v) is 6.07. The summed E-state index contributed by atoms with van der Waals surface area (Å²) in [5, 5.41) is 14.0. The molecule has 192 valence electrons. The Kier molecular flexibility index (Phi) is 11.1. The fourth-order valence-electron chi connectivity index (χ4n) is 4.08. The van der Waals surface area contributed by atoms with E-state index in [1.54, 1.807) is 33.9 Å². The molecule has 0 rings (SSSR count). The van der Waals surface area contributed by atoms with Gasteiger partial charge in [-0.25, -0.2) is 0 Å². The minimum Gasteiger partial charge on any atom is -0.459 e. The van der Waals surface area contributed by atoms with Crippen LogP contribution in [0.5, 0.6) is 0 Å². The highest BCUT2D eigenvalue weighted by molar-refractivity contribution is 6.78. The van der Waals surface area contributed by atoms with Gasteiger partial charge in [0.25, 0.3) is 0 Å². The van der Waals surface area contributed by atoms with E-state index in [1.165, 1.54) is 11.8 Å². The van der Waals surface area contributed by atoms with E-state index in [9.17, 15) is 19.5 Å². The van der Waals surface area contributed by atoms with Crippen molar-refractivity contribution in [2.75, 3.05) is 7.05 Å². The number of nitrogens with one attached hydrogen (secondary N) is 1. The van der Waals surface area contributed by atoms with Crippen LogP contribution in [0.3, 0.4) is 0 Å². The zero-order valence-corrected chi connectivity index (χ0v) is 23.9. The average Bonchev–Trinajstić information content (AvgIpc) is 2.56. The van der Waals surface area contributed by atoms with Gasteiger partial charge in [0, 0.05) is 24.9 Å². The molecule has 2 N–H and O–H groups in total. The summed E-state index contributed by atoms with van der Waals surface area (Å²) < 4.78 is 5.67. The molecule has 0 spiro atoms. The fraction of sp³-hybridized carbons (Fsp3) is 0.800. The summed E-state index contributed by atoms with van der Waals surface area (Å²) in [6.45, 7) is 24.4. The Morgan fingerprint density at radius 1 is 1.12 bits per heavy atom. The molecule has 0 aliphatic carbocycles. The first-order chi connectivity index (χ1) is 14.6. The molecule has 0 saturated heterocycles. The van der Waals surface area contributed by atoms with E-state index in [4.69, 9.17) is 4.74 Å². The van der Waals surface area contributed by atoms with Crippen LogP contribution in [0.2, 0.25) is 25.2 Å². The van der Waals surface area contributed by atoms with Crippen molar-refractivity contribution < 1.29 is 24.2 Å². The second kappa shape index (κ2) is 11.6. The topological polar surface area (TPSA) is 95.9 Å². The summed E-state index contributed by atoms with van der Waals surface area (Å²) in [7, 11) is -0.184. The second-order valence-electron chi connectivity index (χ2n) is 12.3. The molecule has 0 heterocycles. The van der Waals surface area contributed by atoms with Crippen molar-refractivity contribution in [3.05, 3.63) is 12.7 Å². The molecule has 5 atom stereocenters. The predicted octanol–water partition coefficient (Wildman–Crippen LogP) is 3.99. The molecule has 7 nitrogen and oxygen atoms in total. The summed E-state index contributed by atoms with van der Waals surface area (Å²) in [4.78, 5) is 40.0. The van der Waals surface area contributed by atoms with Crippen molar-refractivity contribution in [2.45, 2.75) is 111 Å². The number of likely N-dealkylation sites (N-methyl/N-ethyl adjacent to an activating group) is 1. The summed E-state index contributed by atoms with van der Waals surface area (Å²) in [5.74, 6) is -1.58. The number of nitrogens with zero attached hydrogens (tertiary/aromatic N) is 1. The molecular formula is C25H48N2O5Si. The van der Waals surface area contributed by atoms with Crippen molar-refractivity contribution in [2.24, 2.45) is 11.3 Å². The van der Waals surface area contributed by atoms with Crippen LogP contribution < -0.4 is 5.32 Å². The number of aliphatic hydroxyl groups is 1. The van der Waals surface area contributed by atoms with Gasteiger partial charge in [0.05, 0.1) is 14.2 Å². The van der Waals surface area contributed by atoms with Gasteiger partial charge in [-0.2, -0.15) is 0 Å². The Morgan fingerprint density at radius 2 is 1.61 bits per heavy atom. The maximum Gasteiger partial charge on any atom is 0.303 e. The molecule has 0 bridgehead atoms. The molecular weight excluding hydrogens is 436 g/mol. The lowest BCUT2D eigenvalue weighted by Gasteiger charge is -2.40. The third kappa shape index (κ3) is 10.0. The quantitative estimate of drug-likeness (QED) is 0.278. The maximum absolute atomic E-state index is 13.4. The molecule has 0 radical (unpaired) electrons. The van der Waals surface area contributed by atoms with Crippen molar-refractivity contribution in [1.29, 1.82) is 0 Å². The number of hydrogen-bond acceptors (Lipinski definition) is 5. The van der Waals surface area contributed by atoms with Crippen molar-refractivity contribution >= 4 is 25.9 Å². The molecule has 0 aromatic heterocycles. The monoisotopic (exact) mass is 484 g/mol. The Hall–Kier alpha value is -1.67. The van der Waals surface area contributed by atoms with Crippen molar-refractivity contribution in [3.8, 4) is 0 Å². The van der Waals surface area contributed by atoms with Gasteiger partial charge in [0.2, 0.25) is 11.8 Å².